The Morgan fingerprint density at radius 2 is 1.73 bits per heavy atom. The van der Waals surface area contributed by atoms with Crippen molar-refractivity contribution in [3.8, 4) is 0 Å². The molecular formula is C26H33ClO10. The van der Waals surface area contributed by atoms with E-state index in [1.165, 1.54) is 20.8 Å². The first-order valence-electron chi connectivity index (χ1n) is 12.2. The molecule has 1 aliphatic carbocycles. The highest BCUT2D eigenvalue weighted by Gasteiger charge is 2.77. The van der Waals surface area contributed by atoms with Gasteiger partial charge in [-0.3, -0.25) is 19.2 Å². The van der Waals surface area contributed by atoms with Gasteiger partial charge in [-0.15, -0.1) is 11.6 Å². The van der Waals surface area contributed by atoms with Crippen LogP contribution in [-0.4, -0.2) is 76.1 Å². The predicted molar refractivity (Wildman–Crippen MR) is 128 cm³/mol. The molecule has 0 saturated carbocycles. The zero-order valence-electron chi connectivity index (χ0n) is 21.7. The summed E-state index contributed by atoms with van der Waals surface area (Å²) in [5.41, 5.74) is -3.99. The second-order valence-electron chi connectivity index (χ2n) is 10.8. The van der Waals surface area contributed by atoms with Crippen LogP contribution in [0.5, 0.6) is 0 Å². The van der Waals surface area contributed by atoms with Gasteiger partial charge >= 0.3 is 23.9 Å². The molecule has 10 nitrogen and oxygen atoms in total. The van der Waals surface area contributed by atoms with E-state index in [4.69, 9.17) is 35.3 Å². The predicted octanol–water partition coefficient (Wildman–Crippen LogP) is 1.99. The van der Waals surface area contributed by atoms with Crippen molar-refractivity contribution in [2.24, 2.45) is 17.3 Å². The lowest BCUT2D eigenvalue weighted by Crippen LogP contribution is -2.78. The van der Waals surface area contributed by atoms with Crippen LogP contribution in [0.15, 0.2) is 24.3 Å². The monoisotopic (exact) mass is 540 g/mol. The van der Waals surface area contributed by atoms with Gasteiger partial charge in [0.2, 0.25) is 0 Å². The van der Waals surface area contributed by atoms with Crippen LogP contribution in [0.4, 0.5) is 0 Å². The van der Waals surface area contributed by atoms with Crippen molar-refractivity contribution in [1.82, 2.24) is 0 Å². The fourth-order valence-corrected chi connectivity index (χ4v) is 7.21. The minimum absolute atomic E-state index is 0.0450. The highest BCUT2D eigenvalue weighted by Crippen LogP contribution is 2.62. The minimum atomic E-state index is -1.68. The first-order valence-corrected chi connectivity index (χ1v) is 12.6. The van der Waals surface area contributed by atoms with Crippen molar-refractivity contribution in [2.45, 2.75) is 95.1 Å². The molecule has 37 heavy (non-hydrogen) atoms. The maximum Gasteiger partial charge on any atom is 0.312 e. The Kier molecular flexibility index (Phi) is 6.79. The van der Waals surface area contributed by atoms with Crippen molar-refractivity contribution >= 4 is 35.5 Å². The van der Waals surface area contributed by atoms with Crippen molar-refractivity contribution in [1.29, 1.82) is 0 Å². The van der Waals surface area contributed by atoms with Gasteiger partial charge in [-0.05, 0) is 26.3 Å². The Morgan fingerprint density at radius 3 is 2.30 bits per heavy atom. The molecule has 1 N–H and O–H groups in total. The summed E-state index contributed by atoms with van der Waals surface area (Å²) in [4.78, 5) is 50.1. The third kappa shape index (κ3) is 3.99. The topological polar surface area (TPSA) is 135 Å². The van der Waals surface area contributed by atoms with Crippen LogP contribution in [0.2, 0.25) is 0 Å². The summed E-state index contributed by atoms with van der Waals surface area (Å²) in [6, 6.07) is 0. The van der Waals surface area contributed by atoms with Gasteiger partial charge in [-0.2, -0.15) is 0 Å². The molecule has 0 aromatic rings. The molecule has 0 aromatic carbocycles. The summed E-state index contributed by atoms with van der Waals surface area (Å²) in [7, 11) is 0. The molecule has 204 valence electrons. The number of carbonyl (C=O) groups is 4. The average Bonchev–Trinajstić information content (AvgIpc) is 3.01. The van der Waals surface area contributed by atoms with Gasteiger partial charge in [0.15, 0.2) is 23.4 Å². The normalized spacial score (nSPS) is 46.5. The number of aliphatic hydroxyl groups is 1. The summed E-state index contributed by atoms with van der Waals surface area (Å²) in [6.45, 7) is 12.6. The van der Waals surface area contributed by atoms with Gasteiger partial charge in [0, 0.05) is 26.2 Å². The van der Waals surface area contributed by atoms with Gasteiger partial charge in [0.25, 0.3) is 0 Å². The van der Waals surface area contributed by atoms with Gasteiger partial charge in [0.05, 0.1) is 29.4 Å². The number of carbonyl (C=O) groups excluding carboxylic acids is 4. The van der Waals surface area contributed by atoms with E-state index < -0.39 is 88.2 Å². The van der Waals surface area contributed by atoms with E-state index in [-0.39, 0.29) is 6.42 Å². The highest BCUT2D eigenvalue weighted by atomic mass is 35.5. The Hall–Kier alpha value is -2.43. The Balaban J connectivity index is 2.06. The summed E-state index contributed by atoms with van der Waals surface area (Å²) < 4.78 is 29.8. The maximum absolute atomic E-state index is 13.1. The molecule has 11 heteroatoms. The fraction of sp³-hybridized carbons (Fsp3) is 0.692. The van der Waals surface area contributed by atoms with Gasteiger partial charge in [-0.25, -0.2) is 0 Å². The molecule has 3 fully saturated rings. The summed E-state index contributed by atoms with van der Waals surface area (Å²) in [6.07, 6.45) is -2.27. The minimum Gasteiger partial charge on any atom is -0.459 e. The molecular weight excluding hydrogens is 508 g/mol. The number of fused-ring (bicyclic) bond motifs is 3. The van der Waals surface area contributed by atoms with Crippen LogP contribution >= 0.6 is 11.6 Å². The number of hydrogen-bond donors (Lipinski definition) is 1. The first kappa shape index (κ1) is 27.6. The van der Waals surface area contributed by atoms with Crippen LogP contribution in [0.3, 0.4) is 0 Å². The number of esters is 4. The van der Waals surface area contributed by atoms with Crippen molar-refractivity contribution in [2.75, 3.05) is 0 Å². The molecule has 0 radical (unpaired) electrons. The largest absolute Gasteiger partial charge is 0.459 e. The third-order valence-electron chi connectivity index (χ3n) is 8.32. The number of aliphatic hydroxyl groups excluding tert-OH is 1. The highest BCUT2D eigenvalue weighted by molar-refractivity contribution is 6.23. The molecule has 3 aliphatic heterocycles. The lowest BCUT2D eigenvalue weighted by molar-refractivity contribution is -0.329. The maximum atomic E-state index is 13.1. The standard InChI is InChI=1S/C26H33ClO10/c1-11-10-16(31)20-24(6)9-8-17(33-13(3)28)25(7,36-15(5)30)19(24)22(34-14(4)29)26(37-20)12(2)23(32)35-21(26)18(11)27/h8-9,12,16-22,31H,1,10H2,2-7H3. The third-order valence-corrected chi connectivity index (χ3v) is 8.86. The summed E-state index contributed by atoms with van der Waals surface area (Å²) >= 11 is 6.77. The fourth-order valence-electron chi connectivity index (χ4n) is 6.87. The molecule has 3 heterocycles. The molecule has 0 aromatic heterocycles. The Bertz CT molecular complexity index is 1070. The van der Waals surface area contributed by atoms with Crippen LogP contribution in [-0.2, 0) is 42.9 Å². The van der Waals surface area contributed by atoms with Crippen molar-refractivity contribution < 1.29 is 48.0 Å². The van der Waals surface area contributed by atoms with Gasteiger partial charge < -0.3 is 28.8 Å². The van der Waals surface area contributed by atoms with Gasteiger partial charge in [0.1, 0.15) is 6.10 Å². The van der Waals surface area contributed by atoms with Crippen LogP contribution in [0, 0.1) is 17.3 Å². The van der Waals surface area contributed by atoms with Crippen molar-refractivity contribution in [3.63, 3.8) is 0 Å². The second-order valence-corrected chi connectivity index (χ2v) is 11.3. The quantitative estimate of drug-likeness (QED) is 0.245. The van der Waals surface area contributed by atoms with Crippen LogP contribution in [0.1, 0.15) is 48.0 Å². The van der Waals surface area contributed by atoms with E-state index in [1.54, 1.807) is 32.9 Å². The molecule has 1 spiro atoms. The smallest absolute Gasteiger partial charge is 0.312 e. The van der Waals surface area contributed by atoms with E-state index >= 15 is 0 Å². The van der Waals surface area contributed by atoms with E-state index in [1.807, 2.05) is 0 Å². The molecule has 11 unspecified atom stereocenters. The lowest BCUT2D eigenvalue weighted by Gasteiger charge is -2.64. The number of rotatable bonds is 3. The van der Waals surface area contributed by atoms with Gasteiger partial charge in [-0.1, -0.05) is 25.2 Å². The zero-order chi connectivity index (χ0) is 27.7. The summed E-state index contributed by atoms with van der Waals surface area (Å²) in [5, 5.41) is 10.4. The van der Waals surface area contributed by atoms with Crippen LogP contribution in [0.25, 0.3) is 0 Å². The number of halogens is 1. The Morgan fingerprint density at radius 1 is 1.11 bits per heavy atom. The average molecular weight is 541 g/mol. The molecule has 2 bridgehead atoms. The van der Waals surface area contributed by atoms with Crippen molar-refractivity contribution in [3.05, 3.63) is 24.3 Å². The summed E-state index contributed by atoms with van der Waals surface area (Å²) in [5.74, 6) is -4.57. The van der Waals surface area contributed by atoms with Crippen LogP contribution < -0.4 is 0 Å². The molecule has 4 rings (SSSR count). The SMILES string of the molecule is C=C1CC(O)C2OC3(C(C)C(=O)OC3C1Cl)C(OC(C)=O)C1C2(C)C=CC(OC(C)=O)C1(C)OC(C)=O. The molecule has 4 aliphatic rings. The second kappa shape index (κ2) is 9.10. The lowest BCUT2D eigenvalue weighted by atomic mass is 9.51. The number of alkyl halides is 1. The number of ether oxygens (including phenoxy) is 5. The van der Waals surface area contributed by atoms with E-state index in [0.29, 0.717) is 5.57 Å². The van der Waals surface area contributed by atoms with E-state index in [0.717, 1.165) is 0 Å². The Labute approximate surface area is 220 Å². The molecule has 11 atom stereocenters. The molecule has 3 saturated heterocycles. The molecule has 0 amide bonds. The zero-order valence-corrected chi connectivity index (χ0v) is 22.4. The first-order chi connectivity index (χ1) is 17.1. The van der Waals surface area contributed by atoms with E-state index in [2.05, 4.69) is 6.58 Å². The van der Waals surface area contributed by atoms with E-state index in [9.17, 15) is 24.3 Å². The number of hydrogen-bond acceptors (Lipinski definition) is 10.